The number of nitrogens with zero attached hydrogens (tertiary/aromatic N) is 6. The molecule has 1 aromatic heterocycles. The minimum Gasteiger partial charge on any atom is -0.278 e. The summed E-state index contributed by atoms with van der Waals surface area (Å²) in [5.74, 6) is 1.39. The Kier molecular flexibility index (Phi) is 12.8. The van der Waals surface area contributed by atoms with E-state index in [2.05, 4.69) is 342 Å². The second-order valence-corrected chi connectivity index (χ2v) is 21.8. The second kappa shape index (κ2) is 21.8. The molecular formula is C81H54N6. The zero-order valence-corrected chi connectivity index (χ0v) is 47.4. The van der Waals surface area contributed by atoms with Gasteiger partial charge in [-0.05, 0) is 86.5 Å². The molecule has 4 heterocycles. The lowest BCUT2D eigenvalue weighted by molar-refractivity contribution is 0.954. The first kappa shape index (κ1) is 51.0. The molecule has 16 rings (SSSR count). The molecule has 0 saturated heterocycles. The molecule has 0 aliphatic carbocycles. The van der Waals surface area contributed by atoms with Crippen LogP contribution in [-0.2, 0) is 0 Å². The highest BCUT2D eigenvalue weighted by Gasteiger charge is 2.38. The van der Waals surface area contributed by atoms with Gasteiger partial charge in [-0.2, -0.15) is 15.0 Å². The maximum atomic E-state index is 5.84. The molecule has 13 aromatic rings. The van der Waals surface area contributed by atoms with Crippen molar-refractivity contribution >= 4 is 85.4 Å². The molecule has 0 fully saturated rings. The summed E-state index contributed by atoms with van der Waals surface area (Å²) in [7, 11) is 0. The standard InChI is InChI=1S/C81H54N6/c1-7-31-55(32-8-1)73(56-33-9-2-10-34-56)76-61-43-19-25-49-67(61)85(68-50-26-20-44-62(68)76)79-82-80(86-69-51-27-21-45-63(69)77(64-46-22-28-52-70(64)86)74(57-35-11-3-12-36-57)58-37-13-4-14-38-58)84-81(83-79)87-71-53-29-23-47-65(71)78(66-48-24-30-54-72(66)87)75(59-39-15-5-16-40-59)60-41-17-6-18-42-60/h1-54H. The molecule has 87 heavy (non-hydrogen) atoms. The average molecular weight is 1110 g/mol. The molecule has 3 aliphatic heterocycles. The molecule has 0 unspecified atom stereocenters. The third-order valence-corrected chi connectivity index (χ3v) is 16.8. The van der Waals surface area contributed by atoms with E-state index in [0.29, 0.717) is 17.8 Å². The summed E-state index contributed by atoms with van der Waals surface area (Å²) in [6, 6.07) is 117. The van der Waals surface area contributed by atoms with Crippen LogP contribution in [-0.4, -0.2) is 15.0 Å². The first-order valence-electron chi connectivity index (χ1n) is 29.5. The summed E-state index contributed by atoms with van der Waals surface area (Å²) in [6.45, 7) is 0. The van der Waals surface area contributed by atoms with Crippen LogP contribution in [0, 0.1) is 0 Å². The molecule has 0 N–H and O–H groups in total. The third kappa shape index (κ3) is 8.77. The summed E-state index contributed by atoms with van der Waals surface area (Å²) >= 11 is 0. The number of hydrogen-bond acceptors (Lipinski definition) is 6. The van der Waals surface area contributed by atoms with Crippen LogP contribution >= 0.6 is 0 Å². The van der Waals surface area contributed by atoms with Gasteiger partial charge in [-0.15, -0.1) is 0 Å². The fourth-order valence-corrected chi connectivity index (χ4v) is 13.2. The lowest BCUT2D eigenvalue weighted by atomic mass is 9.82. The van der Waals surface area contributed by atoms with E-state index in [9.17, 15) is 0 Å². The molecule has 0 bridgehead atoms. The van der Waals surface area contributed by atoms with Gasteiger partial charge in [0.2, 0.25) is 17.8 Å². The zero-order chi connectivity index (χ0) is 57.6. The lowest BCUT2D eigenvalue weighted by Gasteiger charge is -2.38. The maximum absolute atomic E-state index is 5.84. The number of rotatable bonds is 9. The SMILES string of the molecule is c1ccc(C(=C2c3ccccc3N(c3nc(N4c5ccccc5C(=C(c5ccccc5)c5ccccc5)c5ccccc54)nc(N4c5ccccc5C(=C(c5ccccc5)c5ccccc5)c5ccccc54)n3)c3ccccc32)c2ccccc2)cc1. The van der Waals surface area contributed by atoms with Gasteiger partial charge in [0.25, 0.3) is 0 Å². The van der Waals surface area contributed by atoms with Crippen molar-refractivity contribution in [2.75, 3.05) is 14.7 Å². The van der Waals surface area contributed by atoms with Crippen LogP contribution in [0.25, 0.3) is 33.4 Å². The molecule has 0 radical (unpaired) electrons. The molecule has 6 nitrogen and oxygen atoms in total. The highest BCUT2D eigenvalue weighted by Crippen LogP contribution is 2.56. The number of benzene rings is 12. The van der Waals surface area contributed by atoms with Crippen LogP contribution in [0.1, 0.15) is 66.8 Å². The Bertz CT molecular complexity index is 4070. The van der Waals surface area contributed by atoms with Gasteiger partial charge in [0.05, 0.1) is 34.1 Å². The highest BCUT2D eigenvalue weighted by molar-refractivity contribution is 6.15. The molecular weight excluding hydrogens is 1060 g/mol. The van der Waals surface area contributed by atoms with Crippen LogP contribution in [0.4, 0.5) is 52.0 Å². The largest absolute Gasteiger partial charge is 0.278 e. The summed E-state index contributed by atoms with van der Waals surface area (Å²) in [5.41, 5.74) is 25.5. The predicted molar refractivity (Wildman–Crippen MR) is 358 cm³/mol. The summed E-state index contributed by atoms with van der Waals surface area (Å²) in [5, 5.41) is 0. The van der Waals surface area contributed by atoms with E-state index in [4.69, 9.17) is 15.0 Å². The van der Waals surface area contributed by atoms with Crippen LogP contribution in [0.15, 0.2) is 328 Å². The first-order valence-corrected chi connectivity index (χ1v) is 29.5. The van der Waals surface area contributed by atoms with E-state index in [1.807, 2.05) is 0 Å². The molecule has 408 valence electrons. The van der Waals surface area contributed by atoms with Gasteiger partial charge in [-0.25, -0.2) is 0 Å². The van der Waals surface area contributed by atoms with Crippen LogP contribution in [0.5, 0.6) is 0 Å². The Labute approximate surface area is 506 Å². The molecule has 3 aliphatic rings. The highest BCUT2D eigenvalue weighted by atomic mass is 15.4. The van der Waals surface area contributed by atoms with Crippen LogP contribution in [0.3, 0.4) is 0 Å². The van der Waals surface area contributed by atoms with E-state index < -0.39 is 0 Å². The number of aromatic nitrogens is 3. The van der Waals surface area contributed by atoms with Gasteiger partial charge < -0.3 is 0 Å². The van der Waals surface area contributed by atoms with Gasteiger partial charge in [-0.1, -0.05) is 291 Å². The second-order valence-electron chi connectivity index (χ2n) is 21.8. The van der Waals surface area contributed by atoms with Crippen molar-refractivity contribution in [3.05, 3.63) is 394 Å². The molecule has 0 saturated carbocycles. The van der Waals surface area contributed by atoms with Crippen molar-refractivity contribution in [3.8, 4) is 0 Å². The van der Waals surface area contributed by atoms with E-state index in [1.165, 1.54) is 0 Å². The van der Waals surface area contributed by atoms with Gasteiger partial charge in [-0.3, -0.25) is 14.7 Å². The minimum atomic E-state index is 0.464. The molecule has 6 heteroatoms. The summed E-state index contributed by atoms with van der Waals surface area (Å²) in [6.07, 6.45) is 0. The van der Waals surface area contributed by atoms with Crippen LogP contribution in [0.2, 0.25) is 0 Å². The van der Waals surface area contributed by atoms with Gasteiger partial charge >= 0.3 is 0 Å². The molecule has 0 atom stereocenters. The number of para-hydroxylation sites is 6. The topological polar surface area (TPSA) is 48.4 Å². The van der Waals surface area contributed by atoms with Crippen molar-refractivity contribution in [1.29, 1.82) is 0 Å². The molecule has 0 amide bonds. The smallest absolute Gasteiger partial charge is 0.241 e. The Hall–Kier alpha value is -11.7. The van der Waals surface area contributed by atoms with E-state index in [-0.39, 0.29) is 0 Å². The van der Waals surface area contributed by atoms with Crippen molar-refractivity contribution in [2.45, 2.75) is 0 Å². The van der Waals surface area contributed by atoms with Crippen molar-refractivity contribution in [2.24, 2.45) is 0 Å². The van der Waals surface area contributed by atoms with E-state index in [1.54, 1.807) is 0 Å². The average Bonchev–Trinajstić information content (AvgIpc) is 0.919. The normalized spacial score (nSPS) is 12.7. The van der Waals surface area contributed by atoms with Gasteiger partial charge in [0.1, 0.15) is 0 Å². The Balaban J connectivity index is 0.992. The minimum absolute atomic E-state index is 0.464. The Morgan fingerprint density at radius 2 is 0.322 bits per heavy atom. The van der Waals surface area contributed by atoms with Crippen molar-refractivity contribution in [1.82, 2.24) is 15.0 Å². The summed E-state index contributed by atoms with van der Waals surface area (Å²) < 4.78 is 0. The monoisotopic (exact) mass is 1110 g/mol. The van der Waals surface area contributed by atoms with Crippen LogP contribution < -0.4 is 14.7 Å². The maximum Gasteiger partial charge on any atom is 0.241 e. The Morgan fingerprint density at radius 3 is 0.494 bits per heavy atom. The quantitative estimate of drug-likeness (QED) is 0.144. The molecule has 12 aromatic carbocycles. The third-order valence-electron chi connectivity index (χ3n) is 16.8. The number of hydrogen-bond donors (Lipinski definition) is 0. The van der Waals surface area contributed by atoms with E-state index >= 15 is 0 Å². The van der Waals surface area contributed by atoms with Gasteiger partial charge in [0, 0.05) is 50.1 Å². The van der Waals surface area contributed by atoms with Gasteiger partial charge in [0.15, 0.2) is 0 Å². The fraction of sp³-hybridized carbons (Fsp3) is 0. The van der Waals surface area contributed by atoms with Crippen molar-refractivity contribution in [3.63, 3.8) is 0 Å². The number of fused-ring (bicyclic) bond motifs is 6. The fourth-order valence-electron chi connectivity index (χ4n) is 13.2. The molecule has 0 spiro atoms. The zero-order valence-electron chi connectivity index (χ0n) is 47.4. The van der Waals surface area contributed by atoms with E-state index in [0.717, 1.165) is 134 Å². The lowest BCUT2D eigenvalue weighted by Crippen LogP contribution is -2.27. The predicted octanol–water partition coefficient (Wildman–Crippen LogP) is 20.2. The number of anilines is 9. The van der Waals surface area contributed by atoms with Crippen molar-refractivity contribution < 1.29 is 0 Å². The Morgan fingerprint density at radius 1 is 0.172 bits per heavy atom. The summed E-state index contributed by atoms with van der Waals surface area (Å²) in [4.78, 5) is 24.3. The first-order chi connectivity index (χ1) is 43.2.